The summed E-state index contributed by atoms with van der Waals surface area (Å²) in [5, 5.41) is 20.9. The second-order valence-electron chi connectivity index (χ2n) is 10.5. The molecule has 2 heterocycles. The molecule has 4 rings (SSSR count). The molecule has 0 saturated carbocycles. The highest BCUT2D eigenvalue weighted by atomic mass is 16.3. The van der Waals surface area contributed by atoms with Crippen LogP contribution in [-0.4, -0.2) is 58.4 Å². The van der Waals surface area contributed by atoms with Crippen molar-refractivity contribution in [2.75, 3.05) is 26.2 Å². The van der Waals surface area contributed by atoms with Gasteiger partial charge in [-0.3, -0.25) is 9.80 Å². The minimum atomic E-state index is -0.206. The van der Waals surface area contributed by atoms with Gasteiger partial charge in [0.15, 0.2) is 0 Å². The maximum Gasteiger partial charge on any atom is 0.0667 e. The van der Waals surface area contributed by atoms with Gasteiger partial charge in [0.2, 0.25) is 0 Å². The smallest absolute Gasteiger partial charge is 0.0667 e. The Labute approximate surface area is 206 Å². The monoisotopic (exact) mass is 464 g/mol. The molecule has 0 spiro atoms. The quantitative estimate of drug-likeness (QED) is 0.412. The first-order chi connectivity index (χ1) is 16.7. The van der Waals surface area contributed by atoms with Crippen LogP contribution in [0.2, 0.25) is 0 Å². The normalized spacial score (nSPS) is 18.3. The Morgan fingerprint density at radius 3 is 1.38 bits per heavy atom. The van der Waals surface area contributed by atoms with Crippen LogP contribution in [0, 0.1) is 0 Å². The molecule has 4 nitrogen and oxygen atoms in total. The first-order valence-corrected chi connectivity index (χ1v) is 13.6. The summed E-state index contributed by atoms with van der Waals surface area (Å²) in [6, 6.07) is 17.4. The number of unbranched alkanes of at least 4 members (excludes halogenated alkanes) is 5. The van der Waals surface area contributed by atoms with Gasteiger partial charge >= 0.3 is 0 Å². The molecule has 0 aromatic heterocycles. The molecular formula is C30H44N2O2. The molecule has 2 N–H and O–H groups in total. The number of aliphatic hydroxyl groups is 2. The van der Waals surface area contributed by atoms with Crippen molar-refractivity contribution in [1.29, 1.82) is 0 Å². The van der Waals surface area contributed by atoms with E-state index in [2.05, 4.69) is 58.3 Å². The lowest BCUT2D eigenvalue weighted by molar-refractivity contribution is 0.0952. The first-order valence-electron chi connectivity index (χ1n) is 13.6. The maximum absolute atomic E-state index is 10.5. The van der Waals surface area contributed by atoms with Gasteiger partial charge in [0.05, 0.1) is 12.2 Å². The molecular weight excluding hydrogens is 420 g/mol. The number of benzene rings is 2. The molecule has 2 aromatic carbocycles. The predicted molar refractivity (Wildman–Crippen MR) is 140 cm³/mol. The summed E-state index contributed by atoms with van der Waals surface area (Å²) in [5.41, 5.74) is 5.79. The number of nitrogens with zero attached hydrogens (tertiary/aromatic N) is 2. The molecule has 0 fully saturated rings. The molecule has 0 bridgehead atoms. The Morgan fingerprint density at radius 2 is 0.941 bits per heavy atom. The molecule has 34 heavy (non-hydrogen) atoms. The van der Waals surface area contributed by atoms with Crippen molar-refractivity contribution < 1.29 is 10.2 Å². The number of hydrogen-bond acceptors (Lipinski definition) is 4. The third-order valence-corrected chi connectivity index (χ3v) is 7.68. The molecule has 186 valence electrons. The fourth-order valence-electron chi connectivity index (χ4n) is 5.67. The van der Waals surface area contributed by atoms with Crippen molar-refractivity contribution in [3.63, 3.8) is 0 Å². The van der Waals surface area contributed by atoms with Crippen LogP contribution in [0.25, 0.3) is 0 Å². The van der Waals surface area contributed by atoms with E-state index in [0.717, 1.165) is 77.8 Å². The van der Waals surface area contributed by atoms with Gasteiger partial charge in [-0.2, -0.15) is 0 Å². The van der Waals surface area contributed by atoms with Gasteiger partial charge < -0.3 is 10.2 Å². The lowest BCUT2D eigenvalue weighted by Crippen LogP contribution is -2.36. The van der Waals surface area contributed by atoms with Crippen molar-refractivity contribution in [3.05, 3.63) is 70.8 Å². The molecule has 2 atom stereocenters. The lowest BCUT2D eigenvalue weighted by Gasteiger charge is -2.30. The minimum absolute atomic E-state index is 0.206. The van der Waals surface area contributed by atoms with Crippen LogP contribution in [-0.2, 0) is 25.9 Å². The van der Waals surface area contributed by atoms with Gasteiger partial charge in [-0.05, 0) is 47.9 Å². The van der Waals surface area contributed by atoms with Crippen molar-refractivity contribution in [2.45, 2.75) is 89.5 Å². The Hall–Kier alpha value is -1.72. The third-order valence-electron chi connectivity index (χ3n) is 7.68. The Balaban J connectivity index is 0.987. The number of β-amino-alcohol motifs (C(OH)–C–C–N with tert-alkyl or cyclic N) is 2. The zero-order valence-electron chi connectivity index (χ0n) is 20.9. The van der Waals surface area contributed by atoms with Crippen LogP contribution in [0.4, 0.5) is 0 Å². The molecule has 2 aliphatic heterocycles. The summed E-state index contributed by atoms with van der Waals surface area (Å²) in [6.07, 6.45) is 10.7. The van der Waals surface area contributed by atoms with Crippen LogP contribution in [0.1, 0.15) is 73.6 Å². The summed E-state index contributed by atoms with van der Waals surface area (Å²) in [7, 11) is 0. The van der Waals surface area contributed by atoms with E-state index in [1.54, 1.807) is 0 Å². The fraction of sp³-hybridized carbons (Fsp3) is 0.600. The van der Waals surface area contributed by atoms with Gasteiger partial charge in [-0.15, -0.1) is 0 Å². The van der Waals surface area contributed by atoms with Gasteiger partial charge in [0.1, 0.15) is 0 Å². The SMILES string of the molecule is OC(CCCCCCCCC(O)CN1CCc2ccccc2C1)CN1CCc2ccccc2C1. The molecule has 0 radical (unpaired) electrons. The molecule has 2 unspecified atom stereocenters. The Morgan fingerprint density at radius 1 is 0.559 bits per heavy atom. The summed E-state index contributed by atoms with van der Waals surface area (Å²) >= 11 is 0. The van der Waals surface area contributed by atoms with E-state index in [1.807, 2.05) is 0 Å². The van der Waals surface area contributed by atoms with E-state index < -0.39 is 0 Å². The average Bonchev–Trinajstić information content (AvgIpc) is 2.85. The standard InChI is InChI=1S/C30H44N2O2/c33-29(23-31-19-17-25-11-7-9-13-27(25)21-31)15-5-3-1-2-4-6-16-30(34)24-32-20-18-26-12-8-10-14-28(26)22-32/h7-14,29-30,33-34H,1-6,15-24H2. The zero-order valence-corrected chi connectivity index (χ0v) is 20.9. The molecule has 0 saturated heterocycles. The summed E-state index contributed by atoms with van der Waals surface area (Å²) in [5.74, 6) is 0. The van der Waals surface area contributed by atoms with Crippen molar-refractivity contribution >= 4 is 0 Å². The summed E-state index contributed by atoms with van der Waals surface area (Å²) in [4.78, 5) is 4.81. The highest BCUT2D eigenvalue weighted by molar-refractivity contribution is 5.29. The second-order valence-corrected chi connectivity index (χ2v) is 10.5. The van der Waals surface area contributed by atoms with E-state index in [0.29, 0.717) is 0 Å². The number of rotatable bonds is 13. The summed E-state index contributed by atoms with van der Waals surface area (Å²) < 4.78 is 0. The van der Waals surface area contributed by atoms with Crippen molar-refractivity contribution in [1.82, 2.24) is 9.80 Å². The van der Waals surface area contributed by atoms with Crippen molar-refractivity contribution in [3.8, 4) is 0 Å². The second kappa shape index (κ2) is 13.4. The van der Waals surface area contributed by atoms with E-state index in [-0.39, 0.29) is 12.2 Å². The number of hydrogen-bond donors (Lipinski definition) is 2. The molecule has 2 aromatic rings. The summed E-state index contributed by atoms with van der Waals surface area (Å²) in [6.45, 7) is 5.67. The third kappa shape index (κ3) is 7.91. The number of aliphatic hydroxyl groups excluding tert-OH is 2. The van der Waals surface area contributed by atoms with Crippen LogP contribution in [0.15, 0.2) is 48.5 Å². The van der Waals surface area contributed by atoms with E-state index >= 15 is 0 Å². The predicted octanol–water partition coefficient (Wildman–Crippen LogP) is 4.95. The minimum Gasteiger partial charge on any atom is -0.392 e. The van der Waals surface area contributed by atoms with E-state index in [4.69, 9.17) is 0 Å². The topological polar surface area (TPSA) is 46.9 Å². The van der Waals surface area contributed by atoms with Crippen LogP contribution in [0.3, 0.4) is 0 Å². The first kappa shape index (κ1) is 25.4. The molecule has 0 aliphatic carbocycles. The van der Waals surface area contributed by atoms with Gasteiger partial charge in [0.25, 0.3) is 0 Å². The van der Waals surface area contributed by atoms with E-state index in [1.165, 1.54) is 47.9 Å². The number of fused-ring (bicyclic) bond motifs is 2. The van der Waals surface area contributed by atoms with Gasteiger partial charge in [-0.1, -0.05) is 87.1 Å². The van der Waals surface area contributed by atoms with Crippen LogP contribution >= 0.6 is 0 Å². The van der Waals surface area contributed by atoms with Crippen molar-refractivity contribution in [2.24, 2.45) is 0 Å². The van der Waals surface area contributed by atoms with Crippen LogP contribution < -0.4 is 0 Å². The maximum atomic E-state index is 10.5. The van der Waals surface area contributed by atoms with Gasteiger partial charge in [-0.25, -0.2) is 0 Å². The molecule has 4 heteroatoms. The Bertz CT molecular complexity index is 799. The highest BCUT2D eigenvalue weighted by Gasteiger charge is 2.19. The lowest BCUT2D eigenvalue weighted by atomic mass is 9.99. The largest absolute Gasteiger partial charge is 0.392 e. The molecule has 0 amide bonds. The fourth-order valence-corrected chi connectivity index (χ4v) is 5.67. The highest BCUT2D eigenvalue weighted by Crippen LogP contribution is 2.21. The average molecular weight is 465 g/mol. The van der Waals surface area contributed by atoms with Crippen LogP contribution in [0.5, 0.6) is 0 Å². The zero-order chi connectivity index (χ0) is 23.6. The molecule has 2 aliphatic rings. The van der Waals surface area contributed by atoms with Gasteiger partial charge in [0, 0.05) is 39.3 Å². The Kier molecular flexibility index (Phi) is 9.99. The van der Waals surface area contributed by atoms with E-state index in [9.17, 15) is 10.2 Å².